The SMILES string of the molecule is CCCNCCc1ccc(Oc2ccc(NC(C)=O)cc2)cc1. The summed E-state index contributed by atoms with van der Waals surface area (Å²) in [6, 6.07) is 15.5. The van der Waals surface area contributed by atoms with E-state index in [4.69, 9.17) is 4.74 Å². The van der Waals surface area contributed by atoms with Gasteiger partial charge in [0.15, 0.2) is 0 Å². The third kappa shape index (κ3) is 6.12. The van der Waals surface area contributed by atoms with E-state index in [0.29, 0.717) is 0 Å². The van der Waals surface area contributed by atoms with Crippen molar-refractivity contribution in [2.45, 2.75) is 26.7 Å². The monoisotopic (exact) mass is 312 g/mol. The summed E-state index contributed by atoms with van der Waals surface area (Å²) in [4.78, 5) is 11.0. The number of benzene rings is 2. The van der Waals surface area contributed by atoms with Crippen molar-refractivity contribution in [1.29, 1.82) is 0 Å². The fourth-order valence-corrected chi connectivity index (χ4v) is 2.20. The van der Waals surface area contributed by atoms with E-state index in [1.54, 1.807) is 0 Å². The van der Waals surface area contributed by atoms with Gasteiger partial charge < -0.3 is 15.4 Å². The quantitative estimate of drug-likeness (QED) is 0.725. The van der Waals surface area contributed by atoms with Crippen LogP contribution in [0.25, 0.3) is 0 Å². The van der Waals surface area contributed by atoms with Gasteiger partial charge in [-0.1, -0.05) is 19.1 Å². The maximum Gasteiger partial charge on any atom is 0.221 e. The van der Waals surface area contributed by atoms with Crippen LogP contribution in [0.2, 0.25) is 0 Å². The van der Waals surface area contributed by atoms with Crippen LogP contribution < -0.4 is 15.4 Å². The van der Waals surface area contributed by atoms with Crippen LogP contribution in [0.5, 0.6) is 11.5 Å². The predicted octanol–water partition coefficient (Wildman–Crippen LogP) is 3.98. The minimum absolute atomic E-state index is 0.0808. The number of rotatable bonds is 8. The number of amides is 1. The molecule has 122 valence electrons. The Morgan fingerprint density at radius 1 is 0.957 bits per heavy atom. The van der Waals surface area contributed by atoms with Gasteiger partial charge in [-0.3, -0.25) is 4.79 Å². The van der Waals surface area contributed by atoms with Crippen molar-refractivity contribution >= 4 is 11.6 Å². The van der Waals surface area contributed by atoms with Gasteiger partial charge in [-0.25, -0.2) is 0 Å². The lowest BCUT2D eigenvalue weighted by Gasteiger charge is -2.08. The van der Waals surface area contributed by atoms with Crippen molar-refractivity contribution in [3.8, 4) is 11.5 Å². The highest BCUT2D eigenvalue weighted by atomic mass is 16.5. The molecule has 0 aliphatic rings. The van der Waals surface area contributed by atoms with Crippen molar-refractivity contribution in [1.82, 2.24) is 5.32 Å². The summed E-state index contributed by atoms with van der Waals surface area (Å²) in [5.74, 6) is 1.47. The Morgan fingerprint density at radius 2 is 1.57 bits per heavy atom. The Bertz CT molecular complexity index is 606. The molecule has 23 heavy (non-hydrogen) atoms. The molecule has 2 N–H and O–H groups in total. The van der Waals surface area contributed by atoms with Crippen LogP contribution in [0, 0.1) is 0 Å². The molecule has 0 aromatic heterocycles. The van der Waals surface area contributed by atoms with Crippen molar-refractivity contribution in [2.24, 2.45) is 0 Å². The van der Waals surface area contributed by atoms with Crippen molar-refractivity contribution in [2.75, 3.05) is 18.4 Å². The summed E-state index contributed by atoms with van der Waals surface area (Å²) < 4.78 is 5.81. The second kappa shape index (κ2) is 8.96. The molecule has 0 unspecified atom stereocenters. The predicted molar refractivity (Wildman–Crippen MR) is 94.1 cm³/mol. The Morgan fingerprint density at radius 3 is 2.13 bits per heavy atom. The third-order valence-corrected chi connectivity index (χ3v) is 3.35. The van der Waals surface area contributed by atoms with Gasteiger partial charge in [-0.05, 0) is 67.9 Å². The number of nitrogens with one attached hydrogen (secondary N) is 2. The topological polar surface area (TPSA) is 50.4 Å². The first-order valence-electron chi connectivity index (χ1n) is 8.02. The maximum absolute atomic E-state index is 11.0. The molecule has 0 bridgehead atoms. The first kappa shape index (κ1) is 17.0. The second-order valence-electron chi connectivity index (χ2n) is 5.45. The summed E-state index contributed by atoms with van der Waals surface area (Å²) in [5, 5.41) is 6.13. The van der Waals surface area contributed by atoms with Crippen LogP contribution in [0.15, 0.2) is 48.5 Å². The van der Waals surface area contributed by atoms with Gasteiger partial charge in [-0.2, -0.15) is 0 Å². The van der Waals surface area contributed by atoms with Crippen LogP contribution in [-0.4, -0.2) is 19.0 Å². The summed E-state index contributed by atoms with van der Waals surface area (Å²) in [7, 11) is 0. The number of hydrogen-bond acceptors (Lipinski definition) is 3. The Balaban J connectivity index is 1.86. The zero-order valence-corrected chi connectivity index (χ0v) is 13.8. The van der Waals surface area contributed by atoms with Gasteiger partial charge in [0.1, 0.15) is 11.5 Å². The number of ether oxygens (including phenoxy) is 1. The molecular weight excluding hydrogens is 288 g/mol. The Labute approximate surface area is 137 Å². The van der Waals surface area contributed by atoms with Crippen LogP contribution in [0.1, 0.15) is 25.8 Å². The molecule has 4 heteroatoms. The molecule has 0 atom stereocenters. The molecule has 0 heterocycles. The molecule has 2 aromatic rings. The summed E-state index contributed by atoms with van der Waals surface area (Å²) >= 11 is 0. The van der Waals surface area contributed by atoms with Gasteiger partial charge in [0.25, 0.3) is 0 Å². The average Bonchev–Trinajstić information content (AvgIpc) is 2.54. The van der Waals surface area contributed by atoms with Gasteiger partial charge >= 0.3 is 0 Å². The fraction of sp³-hybridized carbons (Fsp3) is 0.316. The lowest BCUT2D eigenvalue weighted by molar-refractivity contribution is -0.114. The molecule has 1 amide bonds. The molecule has 2 rings (SSSR count). The van der Waals surface area contributed by atoms with Crippen LogP contribution in [0.4, 0.5) is 5.69 Å². The molecule has 2 aromatic carbocycles. The number of carbonyl (C=O) groups excluding carboxylic acids is 1. The van der Waals surface area contributed by atoms with Crippen molar-refractivity contribution in [3.63, 3.8) is 0 Å². The van der Waals surface area contributed by atoms with Gasteiger partial charge in [0.05, 0.1) is 0 Å². The molecule has 0 spiro atoms. The van der Waals surface area contributed by atoms with E-state index in [1.807, 2.05) is 36.4 Å². The van der Waals surface area contributed by atoms with Gasteiger partial charge in [0, 0.05) is 12.6 Å². The van der Waals surface area contributed by atoms with Gasteiger partial charge in [-0.15, -0.1) is 0 Å². The van der Waals surface area contributed by atoms with Crippen molar-refractivity contribution in [3.05, 3.63) is 54.1 Å². The first-order chi connectivity index (χ1) is 11.2. The molecule has 0 saturated carbocycles. The number of hydrogen-bond donors (Lipinski definition) is 2. The highest BCUT2D eigenvalue weighted by Crippen LogP contribution is 2.23. The molecule has 0 saturated heterocycles. The van der Waals surface area contributed by atoms with Gasteiger partial charge in [0.2, 0.25) is 5.91 Å². The van der Waals surface area contributed by atoms with Crippen LogP contribution in [-0.2, 0) is 11.2 Å². The van der Waals surface area contributed by atoms with E-state index in [-0.39, 0.29) is 5.91 Å². The summed E-state index contributed by atoms with van der Waals surface area (Å²) in [5.41, 5.74) is 2.06. The van der Waals surface area contributed by atoms with E-state index in [1.165, 1.54) is 12.5 Å². The largest absolute Gasteiger partial charge is 0.457 e. The van der Waals surface area contributed by atoms with Crippen LogP contribution in [0.3, 0.4) is 0 Å². The molecule has 0 radical (unpaired) electrons. The van der Waals surface area contributed by atoms with E-state index in [0.717, 1.165) is 43.1 Å². The fourth-order valence-electron chi connectivity index (χ4n) is 2.20. The smallest absolute Gasteiger partial charge is 0.221 e. The summed E-state index contributed by atoms with van der Waals surface area (Å²) in [6.45, 7) is 5.72. The normalized spacial score (nSPS) is 10.3. The zero-order chi connectivity index (χ0) is 16.5. The first-order valence-corrected chi connectivity index (χ1v) is 8.02. The van der Waals surface area contributed by atoms with Crippen LogP contribution >= 0.6 is 0 Å². The summed E-state index contributed by atoms with van der Waals surface area (Å²) in [6.07, 6.45) is 2.18. The lowest BCUT2D eigenvalue weighted by Crippen LogP contribution is -2.17. The standard InChI is InChI=1S/C19H24N2O2/c1-3-13-20-14-12-16-4-8-18(9-5-16)23-19-10-6-17(7-11-19)21-15(2)22/h4-11,20H,3,12-14H2,1-2H3,(H,21,22). The minimum Gasteiger partial charge on any atom is -0.457 e. The van der Waals surface area contributed by atoms with E-state index in [2.05, 4.69) is 29.7 Å². The highest BCUT2D eigenvalue weighted by molar-refractivity contribution is 5.88. The molecular formula is C19H24N2O2. The van der Waals surface area contributed by atoms with E-state index in [9.17, 15) is 4.79 Å². The Hall–Kier alpha value is -2.33. The molecule has 0 fully saturated rings. The maximum atomic E-state index is 11.0. The molecule has 4 nitrogen and oxygen atoms in total. The lowest BCUT2D eigenvalue weighted by atomic mass is 10.1. The van der Waals surface area contributed by atoms with E-state index >= 15 is 0 Å². The average molecular weight is 312 g/mol. The second-order valence-corrected chi connectivity index (χ2v) is 5.45. The van der Waals surface area contributed by atoms with Crippen molar-refractivity contribution < 1.29 is 9.53 Å². The number of anilines is 1. The molecule has 0 aliphatic heterocycles. The third-order valence-electron chi connectivity index (χ3n) is 3.35. The Kier molecular flexibility index (Phi) is 6.63. The highest BCUT2D eigenvalue weighted by Gasteiger charge is 2.00. The zero-order valence-electron chi connectivity index (χ0n) is 13.8. The minimum atomic E-state index is -0.0808. The number of carbonyl (C=O) groups is 1. The molecule has 0 aliphatic carbocycles. The van der Waals surface area contributed by atoms with E-state index < -0.39 is 0 Å².